The molecule has 148 valence electrons. The van der Waals surface area contributed by atoms with Crippen LogP contribution in [0.3, 0.4) is 0 Å². The number of aromatic nitrogens is 2. The lowest BCUT2D eigenvalue weighted by atomic mass is 10.2. The first-order valence-corrected chi connectivity index (χ1v) is 9.52. The summed E-state index contributed by atoms with van der Waals surface area (Å²) in [6.45, 7) is 4.72. The van der Waals surface area contributed by atoms with E-state index < -0.39 is 0 Å². The number of carbonyl (C=O) groups excluding carboxylic acids is 2. The monoisotopic (exact) mass is 402 g/mol. The fraction of sp³-hybridized carbons (Fsp3) is 0.368. The van der Waals surface area contributed by atoms with Gasteiger partial charge in [0.05, 0.1) is 0 Å². The lowest BCUT2D eigenvalue weighted by Crippen LogP contribution is -2.49. The summed E-state index contributed by atoms with van der Waals surface area (Å²) in [5.41, 5.74) is 1.45. The van der Waals surface area contributed by atoms with E-state index in [1.165, 1.54) is 0 Å². The lowest BCUT2D eigenvalue weighted by molar-refractivity contribution is -0.131. The minimum absolute atomic E-state index is 0.0212. The minimum Gasteiger partial charge on any atom is -0.339 e. The van der Waals surface area contributed by atoms with Crippen molar-refractivity contribution in [2.45, 2.75) is 13.3 Å². The highest BCUT2D eigenvalue weighted by molar-refractivity contribution is 6.31. The van der Waals surface area contributed by atoms with Crippen LogP contribution < -0.4 is 15.5 Å². The molecule has 3 amide bonds. The van der Waals surface area contributed by atoms with Gasteiger partial charge in [-0.3, -0.25) is 4.79 Å². The number of benzene rings is 1. The van der Waals surface area contributed by atoms with Crippen molar-refractivity contribution in [1.29, 1.82) is 0 Å². The molecule has 0 atom stereocenters. The van der Waals surface area contributed by atoms with E-state index in [4.69, 9.17) is 11.6 Å². The average molecular weight is 403 g/mol. The maximum atomic E-state index is 12.4. The predicted octanol–water partition coefficient (Wildman–Crippen LogP) is 2.30. The zero-order valence-electron chi connectivity index (χ0n) is 15.7. The molecule has 3 rings (SSSR count). The molecule has 0 bridgehead atoms. The number of amides is 3. The molecule has 1 aliphatic heterocycles. The van der Waals surface area contributed by atoms with Crippen molar-refractivity contribution in [1.82, 2.24) is 20.2 Å². The summed E-state index contributed by atoms with van der Waals surface area (Å²) < 4.78 is 0. The van der Waals surface area contributed by atoms with Crippen LogP contribution in [-0.4, -0.2) is 59.5 Å². The molecular weight excluding hydrogens is 380 g/mol. The van der Waals surface area contributed by atoms with Crippen LogP contribution in [0.1, 0.15) is 12.0 Å². The molecule has 1 aromatic heterocycles. The highest BCUT2D eigenvalue weighted by Crippen LogP contribution is 2.22. The summed E-state index contributed by atoms with van der Waals surface area (Å²) in [5.74, 6) is 0.706. The highest BCUT2D eigenvalue weighted by atomic mass is 35.5. The standard InChI is InChI=1S/C19H23ClN6O2/c1-14-15(20)4-2-5-16(14)24-19(28)23-9-6-17(27)25-10-12-26(13-11-25)18-21-7-3-8-22-18/h2-5,7-8H,6,9-13H2,1H3,(H2,23,24,28). The Morgan fingerprint density at radius 1 is 1.11 bits per heavy atom. The number of carbonyl (C=O) groups is 2. The van der Waals surface area contributed by atoms with Crippen LogP contribution in [0, 0.1) is 6.92 Å². The number of anilines is 2. The van der Waals surface area contributed by atoms with Crippen LogP contribution in [0.25, 0.3) is 0 Å². The Morgan fingerprint density at radius 2 is 1.82 bits per heavy atom. The Bertz CT molecular complexity index is 824. The Morgan fingerprint density at radius 3 is 2.54 bits per heavy atom. The fourth-order valence-corrected chi connectivity index (χ4v) is 3.14. The van der Waals surface area contributed by atoms with Crippen molar-refractivity contribution in [2.24, 2.45) is 0 Å². The van der Waals surface area contributed by atoms with Gasteiger partial charge in [0, 0.05) is 62.2 Å². The van der Waals surface area contributed by atoms with Crippen molar-refractivity contribution in [3.63, 3.8) is 0 Å². The molecule has 8 nitrogen and oxygen atoms in total. The zero-order valence-corrected chi connectivity index (χ0v) is 16.4. The maximum Gasteiger partial charge on any atom is 0.319 e. The number of piperazine rings is 1. The first kappa shape index (κ1) is 19.9. The SMILES string of the molecule is Cc1c(Cl)cccc1NC(=O)NCCC(=O)N1CCN(c2ncccn2)CC1. The topological polar surface area (TPSA) is 90.5 Å². The van der Waals surface area contributed by atoms with Gasteiger partial charge in [0.2, 0.25) is 11.9 Å². The molecule has 1 fully saturated rings. The average Bonchev–Trinajstić information content (AvgIpc) is 2.72. The van der Waals surface area contributed by atoms with E-state index in [2.05, 4.69) is 25.5 Å². The van der Waals surface area contributed by atoms with Gasteiger partial charge in [-0.25, -0.2) is 14.8 Å². The quantitative estimate of drug-likeness (QED) is 0.800. The summed E-state index contributed by atoms with van der Waals surface area (Å²) in [4.78, 5) is 36.7. The molecule has 0 spiro atoms. The Hall–Kier alpha value is -2.87. The van der Waals surface area contributed by atoms with Gasteiger partial charge in [-0.2, -0.15) is 0 Å². The first-order valence-electron chi connectivity index (χ1n) is 9.14. The van der Waals surface area contributed by atoms with Crippen LogP contribution in [0.5, 0.6) is 0 Å². The third kappa shape index (κ3) is 5.10. The zero-order chi connectivity index (χ0) is 19.9. The molecule has 1 saturated heterocycles. The Balaban J connectivity index is 1.39. The number of hydrogen-bond acceptors (Lipinski definition) is 5. The highest BCUT2D eigenvalue weighted by Gasteiger charge is 2.22. The first-order chi connectivity index (χ1) is 13.5. The summed E-state index contributed by atoms with van der Waals surface area (Å²) in [5, 5.41) is 6.05. The van der Waals surface area contributed by atoms with Crippen LogP contribution in [-0.2, 0) is 4.79 Å². The van der Waals surface area contributed by atoms with Gasteiger partial charge >= 0.3 is 6.03 Å². The number of hydrogen-bond donors (Lipinski definition) is 2. The molecule has 2 N–H and O–H groups in total. The van der Waals surface area contributed by atoms with E-state index in [1.54, 1.807) is 41.6 Å². The van der Waals surface area contributed by atoms with Crippen LogP contribution in [0.2, 0.25) is 5.02 Å². The van der Waals surface area contributed by atoms with Crippen molar-refractivity contribution < 1.29 is 9.59 Å². The second kappa shape index (κ2) is 9.36. The molecule has 1 aromatic carbocycles. The molecular formula is C19H23ClN6O2. The second-order valence-corrected chi connectivity index (χ2v) is 6.87. The van der Waals surface area contributed by atoms with Crippen LogP contribution in [0.15, 0.2) is 36.7 Å². The molecule has 0 aliphatic carbocycles. The van der Waals surface area contributed by atoms with E-state index in [1.807, 2.05) is 6.92 Å². The minimum atomic E-state index is -0.357. The lowest BCUT2D eigenvalue weighted by Gasteiger charge is -2.34. The van der Waals surface area contributed by atoms with E-state index in [9.17, 15) is 9.59 Å². The molecule has 2 heterocycles. The van der Waals surface area contributed by atoms with Crippen molar-refractivity contribution >= 4 is 35.2 Å². The summed E-state index contributed by atoms with van der Waals surface area (Å²) >= 11 is 6.05. The number of nitrogens with one attached hydrogen (secondary N) is 2. The van der Waals surface area contributed by atoms with E-state index in [-0.39, 0.29) is 24.9 Å². The van der Waals surface area contributed by atoms with Gasteiger partial charge in [-0.05, 0) is 30.7 Å². The van der Waals surface area contributed by atoms with E-state index >= 15 is 0 Å². The summed E-state index contributed by atoms with van der Waals surface area (Å²) in [7, 11) is 0. The third-order valence-electron chi connectivity index (χ3n) is 4.61. The molecule has 0 radical (unpaired) electrons. The van der Waals surface area contributed by atoms with Gasteiger partial charge in [0.1, 0.15) is 0 Å². The van der Waals surface area contributed by atoms with Gasteiger partial charge in [-0.15, -0.1) is 0 Å². The normalized spacial score (nSPS) is 13.9. The molecule has 1 aliphatic rings. The molecule has 0 unspecified atom stereocenters. The number of urea groups is 1. The van der Waals surface area contributed by atoms with Gasteiger partial charge in [0.25, 0.3) is 0 Å². The summed E-state index contributed by atoms with van der Waals surface area (Å²) in [6, 6.07) is 6.74. The smallest absolute Gasteiger partial charge is 0.319 e. The molecule has 0 saturated carbocycles. The Labute approximate surface area is 168 Å². The molecule has 2 aromatic rings. The number of rotatable bonds is 5. The van der Waals surface area contributed by atoms with Gasteiger partial charge < -0.3 is 20.4 Å². The largest absolute Gasteiger partial charge is 0.339 e. The van der Waals surface area contributed by atoms with Crippen molar-refractivity contribution in [3.05, 3.63) is 47.2 Å². The second-order valence-electron chi connectivity index (χ2n) is 6.46. The molecule has 28 heavy (non-hydrogen) atoms. The van der Waals surface area contributed by atoms with Crippen molar-refractivity contribution in [3.8, 4) is 0 Å². The maximum absolute atomic E-state index is 12.4. The number of halogens is 1. The third-order valence-corrected chi connectivity index (χ3v) is 5.02. The fourth-order valence-electron chi connectivity index (χ4n) is 2.96. The van der Waals surface area contributed by atoms with E-state index in [0.29, 0.717) is 42.8 Å². The van der Waals surface area contributed by atoms with Gasteiger partial charge in [0.15, 0.2) is 0 Å². The van der Waals surface area contributed by atoms with Gasteiger partial charge in [-0.1, -0.05) is 17.7 Å². The predicted molar refractivity (Wildman–Crippen MR) is 109 cm³/mol. The number of nitrogens with zero attached hydrogens (tertiary/aromatic N) is 4. The van der Waals surface area contributed by atoms with Crippen LogP contribution in [0.4, 0.5) is 16.4 Å². The van der Waals surface area contributed by atoms with Crippen LogP contribution >= 0.6 is 11.6 Å². The molecule has 9 heteroatoms. The van der Waals surface area contributed by atoms with Crippen molar-refractivity contribution in [2.75, 3.05) is 42.9 Å². The Kier molecular flexibility index (Phi) is 6.65. The summed E-state index contributed by atoms with van der Waals surface area (Å²) in [6.07, 6.45) is 3.67. The van der Waals surface area contributed by atoms with E-state index in [0.717, 1.165) is 5.56 Å².